The number of nitrogens with one attached hydrogen (secondary N) is 1. The van der Waals surface area contributed by atoms with Crippen LogP contribution in [0, 0.1) is 0 Å². The summed E-state index contributed by atoms with van der Waals surface area (Å²) < 4.78 is 110. The third-order valence-electron chi connectivity index (χ3n) is 5.08. The highest BCUT2D eigenvalue weighted by atomic mass is 35.5. The molecule has 0 radical (unpaired) electrons. The topological polar surface area (TPSA) is 129 Å². The summed E-state index contributed by atoms with van der Waals surface area (Å²) in [7, 11) is -4.16. The molecule has 0 unspecified atom stereocenters. The van der Waals surface area contributed by atoms with Crippen molar-refractivity contribution >= 4 is 50.2 Å². The molecule has 0 aliphatic rings. The SMILES string of the molecule is CCOc1cc(-c2cc(C(F)(F)F)n3ncc(C(=O)Nc4cc(S(N)(=O)=O)sc4Cl)c3n2)ccc1C(F)(F)F. The van der Waals surface area contributed by atoms with Gasteiger partial charge in [-0.15, -0.1) is 11.3 Å². The molecule has 4 rings (SSSR count). The number of aromatic nitrogens is 3. The largest absolute Gasteiger partial charge is 0.493 e. The highest BCUT2D eigenvalue weighted by Crippen LogP contribution is 2.40. The monoisotopic (exact) mass is 613 g/mol. The van der Waals surface area contributed by atoms with Crippen LogP contribution in [0.25, 0.3) is 16.9 Å². The fraction of sp³-hybridized carbons (Fsp3) is 0.190. The summed E-state index contributed by atoms with van der Waals surface area (Å²) in [6, 6.07) is 3.98. The molecule has 0 saturated heterocycles. The van der Waals surface area contributed by atoms with E-state index in [4.69, 9.17) is 21.5 Å². The maximum atomic E-state index is 13.9. The molecule has 18 heteroatoms. The second-order valence-electron chi connectivity index (χ2n) is 7.71. The highest BCUT2D eigenvalue weighted by molar-refractivity contribution is 7.91. The predicted octanol–water partition coefficient (Wildman–Crippen LogP) is 5.45. The van der Waals surface area contributed by atoms with Crippen LogP contribution in [0.4, 0.5) is 32.0 Å². The third kappa shape index (κ3) is 5.80. The predicted molar refractivity (Wildman–Crippen MR) is 128 cm³/mol. The maximum Gasteiger partial charge on any atom is 0.433 e. The Morgan fingerprint density at radius 2 is 1.85 bits per heavy atom. The van der Waals surface area contributed by atoms with Crippen LogP contribution in [0.5, 0.6) is 5.75 Å². The van der Waals surface area contributed by atoms with Gasteiger partial charge in [-0.25, -0.2) is 23.1 Å². The van der Waals surface area contributed by atoms with E-state index >= 15 is 0 Å². The third-order valence-corrected chi connectivity index (χ3v) is 7.86. The van der Waals surface area contributed by atoms with E-state index < -0.39 is 62.2 Å². The number of carbonyl (C=O) groups excluding carboxylic acids is 1. The molecule has 1 amide bonds. The summed E-state index contributed by atoms with van der Waals surface area (Å²) in [5.74, 6) is -1.67. The lowest BCUT2D eigenvalue weighted by Gasteiger charge is -2.15. The van der Waals surface area contributed by atoms with Gasteiger partial charge in [0.25, 0.3) is 5.91 Å². The zero-order valence-corrected chi connectivity index (χ0v) is 21.6. The Balaban J connectivity index is 1.85. The Bertz CT molecular complexity index is 1700. The quantitative estimate of drug-likeness (QED) is 0.279. The van der Waals surface area contributed by atoms with Gasteiger partial charge in [0.1, 0.15) is 19.9 Å². The first-order valence-electron chi connectivity index (χ1n) is 10.4. The number of nitrogens with two attached hydrogens (primary N) is 1. The van der Waals surface area contributed by atoms with E-state index in [0.717, 1.165) is 24.4 Å². The number of primary sulfonamides is 1. The number of rotatable bonds is 6. The van der Waals surface area contributed by atoms with Crippen molar-refractivity contribution in [3.8, 4) is 17.0 Å². The van der Waals surface area contributed by atoms with Gasteiger partial charge in [-0.05, 0) is 31.2 Å². The molecule has 3 N–H and O–H groups in total. The molecule has 208 valence electrons. The van der Waals surface area contributed by atoms with Crippen molar-refractivity contribution in [1.29, 1.82) is 0 Å². The number of nitrogens with zero attached hydrogens (tertiary/aromatic N) is 3. The van der Waals surface area contributed by atoms with Crippen molar-refractivity contribution in [2.75, 3.05) is 11.9 Å². The van der Waals surface area contributed by atoms with E-state index in [1.54, 1.807) is 0 Å². The first-order valence-corrected chi connectivity index (χ1v) is 13.2. The van der Waals surface area contributed by atoms with Crippen LogP contribution < -0.4 is 15.2 Å². The lowest BCUT2D eigenvalue weighted by atomic mass is 10.1. The Morgan fingerprint density at radius 1 is 1.15 bits per heavy atom. The van der Waals surface area contributed by atoms with Gasteiger partial charge in [0.2, 0.25) is 10.0 Å². The van der Waals surface area contributed by atoms with Crippen LogP contribution in [0.1, 0.15) is 28.5 Å². The number of sulfonamides is 1. The first kappa shape index (κ1) is 28.6. The number of benzene rings is 1. The van der Waals surface area contributed by atoms with Gasteiger partial charge in [0, 0.05) is 5.56 Å². The van der Waals surface area contributed by atoms with E-state index in [9.17, 15) is 39.6 Å². The summed E-state index contributed by atoms with van der Waals surface area (Å²) in [4.78, 5) is 17.0. The Morgan fingerprint density at radius 3 is 2.41 bits per heavy atom. The minimum atomic E-state index is -5.01. The molecule has 0 aliphatic heterocycles. The fourth-order valence-electron chi connectivity index (χ4n) is 3.43. The van der Waals surface area contributed by atoms with Gasteiger partial charge in [-0.3, -0.25) is 4.79 Å². The van der Waals surface area contributed by atoms with E-state index in [2.05, 4.69) is 15.4 Å². The van der Waals surface area contributed by atoms with Crippen LogP contribution in [0.2, 0.25) is 4.34 Å². The lowest BCUT2D eigenvalue weighted by molar-refractivity contribution is -0.142. The molecule has 0 spiro atoms. The summed E-state index contributed by atoms with van der Waals surface area (Å²) >= 11 is 6.50. The molecule has 0 bridgehead atoms. The smallest absolute Gasteiger partial charge is 0.433 e. The molecule has 39 heavy (non-hydrogen) atoms. The molecule has 1 aromatic carbocycles. The minimum Gasteiger partial charge on any atom is -0.493 e. The molecule has 3 aromatic heterocycles. The van der Waals surface area contributed by atoms with Crippen molar-refractivity contribution < 1.29 is 44.3 Å². The first-order chi connectivity index (χ1) is 18.0. The van der Waals surface area contributed by atoms with Gasteiger partial charge in [-0.1, -0.05) is 17.7 Å². The van der Waals surface area contributed by atoms with Crippen LogP contribution >= 0.6 is 22.9 Å². The maximum absolute atomic E-state index is 13.9. The minimum absolute atomic E-state index is 0.155. The average molecular weight is 614 g/mol. The number of hydrogen-bond donors (Lipinski definition) is 2. The van der Waals surface area contributed by atoms with Gasteiger partial charge in [-0.2, -0.15) is 31.4 Å². The zero-order valence-electron chi connectivity index (χ0n) is 19.2. The fourth-order valence-corrected chi connectivity index (χ4v) is 5.48. The van der Waals surface area contributed by atoms with Crippen LogP contribution in [0.15, 0.2) is 40.7 Å². The summed E-state index contributed by atoms with van der Waals surface area (Å²) in [6.45, 7) is 1.28. The van der Waals surface area contributed by atoms with Crippen molar-refractivity contribution in [3.63, 3.8) is 0 Å². The molecular formula is C21H14ClF6N5O4S2. The number of halogens is 7. The van der Waals surface area contributed by atoms with Crippen molar-refractivity contribution in [2.45, 2.75) is 23.5 Å². The van der Waals surface area contributed by atoms with E-state index in [1.807, 2.05) is 0 Å². The molecule has 3 heterocycles. The molecule has 0 fully saturated rings. The van der Waals surface area contributed by atoms with Gasteiger partial charge in [0.15, 0.2) is 11.3 Å². The summed E-state index contributed by atoms with van der Waals surface area (Å²) in [5, 5.41) is 10.9. The Labute approximate surface area is 224 Å². The lowest BCUT2D eigenvalue weighted by Crippen LogP contribution is -2.16. The average Bonchev–Trinajstić information content (AvgIpc) is 3.40. The highest BCUT2D eigenvalue weighted by Gasteiger charge is 2.37. The number of ether oxygens (including phenoxy) is 1. The second kappa shape index (κ2) is 9.96. The molecular weight excluding hydrogens is 600 g/mol. The van der Waals surface area contributed by atoms with E-state index in [1.165, 1.54) is 6.92 Å². The second-order valence-corrected chi connectivity index (χ2v) is 11.2. The van der Waals surface area contributed by atoms with Crippen LogP contribution in [0.3, 0.4) is 0 Å². The number of alkyl halides is 6. The molecule has 0 saturated carbocycles. The molecule has 0 aliphatic carbocycles. The number of amides is 1. The Hall–Kier alpha value is -3.41. The van der Waals surface area contributed by atoms with Gasteiger partial charge in [0.05, 0.1) is 29.7 Å². The summed E-state index contributed by atoms with van der Waals surface area (Å²) in [5.41, 5.74) is -4.35. The van der Waals surface area contributed by atoms with Gasteiger partial charge >= 0.3 is 12.4 Å². The van der Waals surface area contributed by atoms with Crippen molar-refractivity contribution in [1.82, 2.24) is 14.6 Å². The number of anilines is 1. The zero-order chi connectivity index (χ0) is 28.9. The standard InChI is InChI=1S/C21H14ClF6N5O4S2/c1-2-37-14-5-9(3-4-11(14)20(23,24)25)12-6-15(21(26,27)28)33-18(31-12)10(8-30-33)19(34)32-13-7-16(38-17(13)22)39(29,35)36/h3-8H,2H2,1H3,(H,32,34)(H2,29,35,36). The van der Waals surface area contributed by atoms with Crippen molar-refractivity contribution in [2.24, 2.45) is 5.14 Å². The summed E-state index contributed by atoms with van der Waals surface area (Å²) in [6.07, 6.45) is -9.01. The van der Waals surface area contributed by atoms with Crippen LogP contribution in [-0.4, -0.2) is 35.5 Å². The molecule has 4 aromatic rings. The molecule has 9 nitrogen and oxygen atoms in total. The normalized spacial score (nSPS) is 12.6. The number of thiophene rings is 1. The van der Waals surface area contributed by atoms with Crippen molar-refractivity contribution in [3.05, 3.63) is 57.7 Å². The number of hydrogen-bond acceptors (Lipinski definition) is 7. The van der Waals surface area contributed by atoms with E-state index in [-0.39, 0.29) is 26.4 Å². The van der Waals surface area contributed by atoms with E-state index in [0.29, 0.717) is 28.0 Å². The number of carbonyl (C=O) groups is 1. The van der Waals surface area contributed by atoms with Crippen LogP contribution in [-0.2, 0) is 22.4 Å². The Kier molecular flexibility index (Phi) is 7.30. The number of fused-ring (bicyclic) bond motifs is 1. The van der Waals surface area contributed by atoms with Gasteiger partial charge < -0.3 is 10.1 Å². The molecule has 0 atom stereocenters.